The zero-order valence-electron chi connectivity index (χ0n) is 19.6. The first-order valence-corrected chi connectivity index (χ1v) is 14.5. The second kappa shape index (κ2) is 10.2. The highest BCUT2D eigenvalue weighted by Gasteiger charge is 2.36. The summed E-state index contributed by atoms with van der Waals surface area (Å²) in [5, 5.41) is 15.6. The van der Waals surface area contributed by atoms with Gasteiger partial charge in [0.1, 0.15) is 18.2 Å². The van der Waals surface area contributed by atoms with E-state index in [0.29, 0.717) is 29.3 Å². The van der Waals surface area contributed by atoms with Crippen LogP contribution in [0, 0.1) is 6.92 Å². The monoisotopic (exact) mass is 550 g/mol. The maximum absolute atomic E-state index is 13.5. The Labute approximate surface area is 217 Å². The number of aliphatic hydroxyl groups is 1. The lowest BCUT2D eigenvalue weighted by atomic mass is 10.0. The number of fused-ring (bicyclic) bond motifs is 1. The van der Waals surface area contributed by atoms with E-state index < -0.39 is 22.4 Å². The average molecular weight is 551 g/mol. The van der Waals surface area contributed by atoms with Gasteiger partial charge in [-0.2, -0.15) is 13.1 Å². The van der Waals surface area contributed by atoms with E-state index in [2.05, 4.69) is 35.6 Å². The number of anilines is 1. The summed E-state index contributed by atoms with van der Waals surface area (Å²) in [6.07, 6.45) is 3.19. The molecule has 3 N–H and O–H groups in total. The molecule has 0 aromatic carbocycles. The van der Waals surface area contributed by atoms with Crippen molar-refractivity contribution in [3.05, 3.63) is 61.4 Å². The lowest BCUT2D eigenvalue weighted by Gasteiger charge is -2.23. The number of ether oxygens (including phenoxy) is 1. The highest BCUT2D eigenvalue weighted by atomic mass is 32.2. The Kier molecular flexibility index (Phi) is 7.23. The van der Waals surface area contributed by atoms with E-state index in [1.807, 2.05) is 13.0 Å². The molecule has 10 nitrogen and oxygen atoms in total. The quantitative estimate of drug-likeness (QED) is 0.361. The summed E-state index contributed by atoms with van der Waals surface area (Å²) in [4.78, 5) is 24.6. The maximum atomic E-state index is 13.5. The summed E-state index contributed by atoms with van der Waals surface area (Å²) in [6.45, 7) is 2.63. The Morgan fingerprint density at radius 3 is 2.97 bits per heavy atom. The van der Waals surface area contributed by atoms with Crippen LogP contribution in [0.5, 0.6) is 0 Å². The number of nitrogens with zero attached hydrogens (tertiary/aromatic N) is 2. The number of aryl methyl sites for hydroxylation is 1. The third-order valence-electron chi connectivity index (χ3n) is 6.48. The second-order valence-electron chi connectivity index (χ2n) is 8.77. The van der Waals surface area contributed by atoms with E-state index in [9.17, 15) is 18.3 Å². The molecular formula is C23H26N4O6S3. The van der Waals surface area contributed by atoms with Crippen LogP contribution < -0.4 is 10.0 Å². The Bertz CT molecular complexity index is 1370. The predicted molar refractivity (Wildman–Crippen MR) is 136 cm³/mol. The van der Waals surface area contributed by atoms with E-state index in [-0.39, 0.29) is 24.3 Å². The van der Waals surface area contributed by atoms with Crippen molar-refractivity contribution >= 4 is 44.6 Å². The highest BCUT2D eigenvalue weighted by molar-refractivity contribution is 7.84. The van der Waals surface area contributed by atoms with E-state index in [1.54, 1.807) is 11.3 Å². The van der Waals surface area contributed by atoms with Gasteiger partial charge in [0.05, 0.1) is 36.3 Å². The van der Waals surface area contributed by atoms with Gasteiger partial charge < -0.3 is 15.2 Å². The van der Waals surface area contributed by atoms with Crippen LogP contribution in [-0.4, -0.2) is 61.2 Å². The van der Waals surface area contributed by atoms with Gasteiger partial charge in [-0.3, -0.25) is 8.98 Å². The van der Waals surface area contributed by atoms with Crippen molar-refractivity contribution in [2.75, 3.05) is 19.0 Å². The molecule has 36 heavy (non-hydrogen) atoms. The number of nitrogens with one attached hydrogen (secondary N) is 2. The lowest BCUT2D eigenvalue weighted by molar-refractivity contribution is 0.0727. The molecule has 0 unspecified atom stereocenters. The molecule has 3 aromatic heterocycles. The number of ketones is 1. The van der Waals surface area contributed by atoms with E-state index in [1.165, 1.54) is 34.3 Å². The second-order valence-corrected chi connectivity index (χ2v) is 12.5. The molecule has 4 atom stereocenters. The molecule has 2 aliphatic rings. The van der Waals surface area contributed by atoms with E-state index in [0.717, 1.165) is 24.0 Å². The maximum Gasteiger partial charge on any atom is 0.335 e. The molecule has 0 amide bonds. The summed E-state index contributed by atoms with van der Waals surface area (Å²) in [6, 6.07) is 3.01. The number of hydrogen-bond donors (Lipinski definition) is 3. The molecule has 1 aliphatic heterocycles. The summed E-state index contributed by atoms with van der Waals surface area (Å²) >= 11 is 3.08. The van der Waals surface area contributed by atoms with E-state index >= 15 is 0 Å². The Balaban J connectivity index is 1.35. The minimum absolute atomic E-state index is 0.177. The molecule has 4 heterocycles. The average Bonchev–Trinajstić information content (AvgIpc) is 3.57. The molecule has 3 aromatic rings. The Morgan fingerprint density at radius 1 is 1.33 bits per heavy atom. The number of aliphatic hydroxyl groups excluding tert-OH is 1. The minimum atomic E-state index is -3.94. The van der Waals surface area contributed by atoms with Gasteiger partial charge in [-0.25, -0.2) is 9.97 Å². The molecule has 5 rings (SSSR count). The van der Waals surface area contributed by atoms with Crippen LogP contribution in [0.25, 0.3) is 0 Å². The molecule has 13 heteroatoms. The first-order valence-electron chi connectivity index (χ1n) is 11.4. The fourth-order valence-corrected chi connectivity index (χ4v) is 7.42. The zero-order chi connectivity index (χ0) is 25.4. The van der Waals surface area contributed by atoms with Crippen molar-refractivity contribution in [3.63, 3.8) is 0 Å². The molecule has 0 saturated heterocycles. The van der Waals surface area contributed by atoms with Crippen molar-refractivity contribution in [3.8, 4) is 0 Å². The molecule has 0 spiro atoms. The number of rotatable bonds is 8. The Morgan fingerprint density at radius 2 is 2.17 bits per heavy atom. The molecule has 192 valence electrons. The van der Waals surface area contributed by atoms with Gasteiger partial charge in [0.25, 0.3) is 0 Å². The van der Waals surface area contributed by atoms with Crippen LogP contribution in [0.3, 0.4) is 0 Å². The summed E-state index contributed by atoms with van der Waals surface area (Å²) in [5.41, 5.74) is 2.59. The minimum Gasteiger partial charge on any atom is -0.391 e. The van der Waals surface area contributed by atoms with Crippen molar-refractivity contribution in [2.24, 2.45) is 0 Å². The molecule has 1 saturated carbocycles. The molecule has 0 radical (unpaired) electrons. The van der Waals surface area contributed by atoms with Crippen molar-refractivity contribution in [2.45, 2.75) is 50.5 Å². The van der Waals surface area contributed by atoms with Crippen LogP contribution in [-0.2, 0) is 25.6 Å². The fourth-order valence-electron chi connectivity index (χ4n) is 4.68. The fraction of sp³-hybridized carbons (Fsp3) is 0.435. The van der Waals surface area contributed by atoms with Gasteiger partial charge in [-0.05, 0) is 49.3 Å². The zero-order valence-corrected chi connectivity index (χ0v) is 22.1. The summed E-state index contributed by atoms with van der Waals surface area (Å²) < 4.78 is 36.3. The number of hydrogen-bond acceptors (Lipinski definition) is 11. The van der Waals surface area contributed by atoms with Crippen molar-refractivity contribution in [1.29, 1.82) is 0 Å². The predicted octanol–water partition coefficient (Wildman–Crippen LogP) is 2.59. The molecule has 1 fully saturated rings. The van der Waals surface area contributed by atoms with Gasteiger partial charge in [-0.1, -0.05) is 0 Å². The summed E-state index contributed by atoms with van der Waals surface area (Å²) in [7, 11) is -2.89. The third-order valence-corrected chi connectivity index (χ3v) is 9.58. The van der Waals surface area contributed by atoms with Crippen molar-refractivity contribution in [1.82, 2.24) is 14.7 Å². The molecule has 1 aliphatic carbocycles. The van der Waals surface area contributed by atoms with Crippen LogP contribution in [0.2, 0.25) is 0 Å². The van der Waals surface area contributed by atoms with E-state index in [4.69, 9.17) is 4.74 Å². The number of carbonyl (C=O) groups is 1. The third kappa shape index (κ3) is 5.09. The lowest BCUT2D eigenvalue weighted by Crippen LogP contribution is -2.40. The smallest absolute Gasteiger partial charge is 0.335 e. The van der Waals surface area contributed by atoms with Crippen molar-refractivity contribution < 1.29 is 27.2 Å². The van der Waals surface area contributed by atoms with Crippen LogP contribution in [0.4, 0.5) is 5.82 Å². The molecule has 0 bridgehead atoms. The number of thiophene rings is 2. The van der Waals surface area contributed by atoms with Gasteiger partial charge >= 0.3 is 10.3 Å². The first-order chi connectivity index (χ1) is 17.3. The largest absolute Gasteiger partial charge is 0.391 e. The number of aromatic nitrogens is 2. The first kappa shape index (κ1) is 25.4. The standard InChI is InChI=1S/C23H26N4O6S3/c1-12-15(21-22-13(3-5-33-21)4-6-34-22)9-19(35-12)20(29)16-10-24-11-25-23(16)26-14-7-17(18(28)8-14)27-36(30,31)32-2/h4,6,9-11,14,17-18,21,27-28H,3,5,7-8H2,1-2H3,(H,24,25,26)/t14-,17-,18+,21-/m1/s1. The van der Waals surface area contributed by atoms with Gasteiger partial charge in [-0.15, -0.1) is 22.7 Å². The highest BCUT2D eigenvalue weighted by Crippen LogP contribution is 2.40. The van der Waals surface area contributed by atoms with Crippen LogP contribution in [0.1, 0.15) is 55.1 Å². The van der Waals surface area contributed by atoms with Gasteiger partial charge in [0.15, 0.2) is 0 Å². The summed E-state index contributed by atoms with van der Waals surface area (Å²) in [5.74, 6) is 0.124. The Hall–Kier alpha value is -2.26. The van der Waals surface area contributed by atoms with Crippen LogP contribution >= 0.6 is 22.7 Å². The topological polar surface area (TPSA) is 140 Å². The normalized spacial score (nSPS) is 24.0. The van der Waals surface area contributed by atoms with Gasteiger partial charge in [0.2, 0.25) is 5.78 Å². The van der Waals surface area contributed by atoms with Crippen LogP contribution in [0.15, 0.2) is 30.0 Å². The molecular weight excluding hydrogens is 524 g/mol. The van der Waals surface area contributed by atoms with Gasteiger partial charge in [0, 0.05) is 27.6 Å². The SMILES string of the molecule is COS(=O)(=O)N[C@@H]1C[C@@H](Nc2ncncc2C(=O)c2cc([C@H]3OCCc4ccsc43)c(C)s2)C[C@@H]1O. The number of carbonyl (C=O) groups excluding carboxylic acids is 1.